The lowest BCUT2D eigenvalue weighted by molar-refractivity contribution is 0.0948. The summed E-state index contributed by atoms with van der Waals surface area (Å²) in [7, 11) is 0. The van der Waals surface area contributed by atoms with Gasteiger partial charge >= 0.3 is 0 Å². The largest absolute Gasteiger partial charge is 0.350 e. The van der Waals surface area contributed by atoms with E-state index in [1.54, 1.807) is 17.7 Å². The number of halogens is 1. The molecule has 3 rings (SSSR count). The zero-order valence-corrected chi connectivity index (χ0v) is 14.7. The molecule has 0 aliphatic heterocycles. The van der Waals surface area contributed by atoms with Crippen molar-refractivity contribution in [3.8, 4) is 0 Å². The number of benzene rings is 1. The Morgan fingerprint density at radius 1 is 1.32 bits per heavy atom. The van der Waals surface area contributed by atoms with E-state index in [4.69, 9.17) is 0 Å². The van der Waals surface area contributed by atoms with E-state index in [0.29, 0.717) is 25.2 Å². The van der Waals surface area contributed by atoms with Crippen LogP contribution in [0.3, 0.4) is 0 Å². The highest BCUT2D eigenvalue weighted by Crippen LogP contribution is 2.10. The minimum absolute atomic E-state index is 0.278. The zero-order chi connectivity index (χ0) is 17.8. The van der Waals surface area contributed by atoms with Gasteiger partial charge in [-0.25, -0.2) is 9.07 Å². The quantitative estimate of drug-likeness (QED) is 0.726. The smallest absolute Gasteiger partial charge is 0.273 e. The third kappa shape index (κ3) is 4.05. The van der Waals surface area contributed by atoms with Crippen molar-refractivity contribution in [2.24, 2.45) is 0 Å². The highest BCUT2D eigenvalue weighted by Gasteiger charge is 2.17. The molecule has 25 heavy (non-hydrogen) atoms. The number of aromatic nitrogens is 5. The van der Waals surface area contributed by atoms with Gasteiger partial charge in [0.05, 0.1) is 35.4 Å². The van der Waals surface area contributed by atoms with Crippen molar-refractivity contribution in [1.29, 1.82) is 0 Å². The fourth-order valence-electron chi connectivity index (χ4n) is 2.35. The minimum Gasteiger partial charge on any atom is -0.350 e. The summed E-state index contributed by atoms with van der Waals surface area (Å²) >= 11 is 1.15. The Hall–Kier alpha value is -2.68. The number of aryl methyl sites for hydroxylation is 1. The van der Waals surface area contributed by atoms with Gasteiger partial charge in [0.2, 0.25) is 0 Å². The fourth-order valence-corrected chi connectivity index (χ4v) is 2.91. The van der Waals surface area contributed by atoms with E-state index in [0.717, 1.165) is 28.7 Å². The van der Waals surface area contributed by atoms with Crippen LogP contribution in [0.2, 0.25) is 0 Å². The van der Waals surface area contributed by atoms with Crippen LogP contribution >= 0.6 is 11.7 Å². The van der Waals surface area contributed by atoms with Crippen LogP contribution in [0.5, 0.6) is 0 Å². The second kappa shape index (κ2) is 7.47. The Balaban J connectivity index is 1.60. The molecule has 0 unspecified atom stereocenters. The van der Waals surface area contributed by atoms with Crippen LogP contribution in [0.25, 0.3) is 0 Å². The van der Waals surface area contributed by atoms with Gasteiger partial charge in [0.1, 0.15) is 5.82 Å². The summed E-state index contributed by atoms with van der Waals surface area (Å²) in [5, 5.41) is 10.8. The minimum atomic E-state index is -0.298. The van der Waals surface area contributed by atoms with E-state index < -0.39 is 0 Å². The van der Waals surface area contributed by atoms with E-state index in [-0.39, 0.29) is 17.4 Å². The molecule has 0 fully saturated rings. The summed E-state index contributed by atoms with van der Waals surface area (Å²) in [5.41, 5.74) is 3.43. The van der Waals surface area contributed by atoms with E-state index in [9.17, 15) is 9.18 Å². The summed E-state index contributed by atoms with van der Waals surface area (Å²) < 4.78 is 23.1. The Labute approximate surface area is 148 Å². The first-order valence-corrected chi connectivity index (χ1v) is 8.48. The van der Waals surface area contributed by atoms with Gasteiger partial charge in [-0.15, -0.1) is 5.10 Å². The summed E-state index contributed by atoms with van der Waals surface area (Å²) in [6, 6.07) is 6.32. The van der Waals surface area contributed by atoms with E-state index in [1.807, 2.05) is 13.0 Å². The lowest BCUT2D eigenvalue weighted by Crippen LogP contribution is -2.26. The van der Waals surface area contributed by atoms with Gasteiger partial charge in [-0.3, -0.25) is 4.79 Å². The molecule has 2 heterocycles. The molecule has 0 saturated heterocycles. The van der Waals surface area contributed by atoms with Crippen LogP contribution in [0, 0.1) is 19.7 Å². The molecule has 1 aromatic carbocycles. The molecule has 7 nitrogen and oxygen atoms in total. The number of hydrogen-bond acceptors (Lipinski definition) is 6. The molecule has 0 spiro atoms. The van der Waals surface area contributed by atoms with Gasteiger partial charge in [-0.1, -0.05) is 17.3 Å². The van der Waals surface area contributed by atoms with Gasteiger partial charge in [-0.05, 0) is 38.0 Å². The molecule has 0 aliphatic carbocycles. The van der Waals surface area contributed by atoms with Crippen LogP contribution < -0.4 is 5.32 Å². The third-order valence-electron chi connectivity index (χ3n) is 3.83. The zero-order valence-electron chi connectivity index (χ0n) is 13.9. The number of nitrogens with zero attached hydrogens (tertiary/aromatic N) is 5. The molecule has 0 bridgehead atoms. The van der Waals surface area contributed by atoms with Gasteiger partial charge in [0.25, 0.3) is 5.91 Å². The number of nitrogens with one attached hydrogen (secondary N) is 1. The first kappa shape index (κ1) is 17.2. The maximum atomic E-state index is 13.1. The maximum Gasteiger partial charge on any atom is 0.273 e. The SMILES string of the molecule is Cc1nsnc1Cn1nnc(C(=O)NCCc2cccc(F)c2)c1C. The molecule has 1 N–H and O–H groups in total. The number of carbonyl (C=O) groups excluding carboxylic acids is 1. The predicted octanol–water partition coefficient (Wildman–Crippen LogP) is 1.91. The molecule has 0 atom stereocenters. The molecule has 2 aromatic heterocycles. The first-order valence-electron chi connectivity index (χ1n) is 7.75. The Kier molecular flexibility index (Phi) is 5.13. The topological polar surface area (TPSA) is 85.6 Å². The Bertz CT molecular complexity index is 890. The predicted molar refractivity (Wildman–Crippen MR) is 90.9 cm³/mol. The molecule has 1 amide bonds. The highest BCUT2D eigenvalue weighted by atomic mass is 32.1. The summed E-state index contributed by atoms with van der Waals surface area (Å²) in [4.78, 5) is 12.3. The van der Waals surface area contributed by atoms with Crippen molar-refractivity contribution in [3.63, 3.8) is 0 Å². The molecular weight excluding hydrogens is 343 g/mol. The highest BCUT2D eigenvalue weighted by molar-refractivity contribution is 6.99. The van der Waals surface area contributed by atoms with Gasteiger partial charge < -0.3 is 5.32 Å². The van der Waals surface area contributed by atoms with Crippen LogP contribution in [-0.2, 0) is 13.0 Å². The Morgan fingerprint density at radius 2 is 2.16 bits per heavy atom. The number of carbonyl (C=O) groups is 1. The summed E-state index contributed by atoms with van der Waals surface area (Å²) in [5.74, 6) is -0.581. The number of rotatable bonds is 6. The Morgan fingerprint density at radius 3 is 2.88 bits per heavy atom. The van der Waals surface area contributed by atoms with E-state index in [1.165, 1.54) is 12.1 Å². The average molecular weight is 360 g/mol. The molecule has 0 aliphatic rings. The lowest BCUT2D eigenvalue weighted by atomic mass is 10.1. The molecular formula is C16H17FN6OS. The van der Waals surface area contributed by atoms with E-state index in [2.05, 4.69) is 24.4 Å². The van der Waals surface area contributed by atoms with Crippen molar-refractivity contribution in [1.82, 2.24) is 29.1 Å². The monoisotopic (exact) mass is 360 g/mol. The lowest BCUT2D eigenvalue weighted by Gasteiger charge is -2.05. The second-order valence-corrected chi connectivity index (χ2v) is 6.14. The number of amides is 1. The van der Waals surface area contributed by atoms with Crippen molar-refractivity contribution < 1.29 is 9.18 Å². The molecule has 9 heteroatoms. The maximum absolute atomic E-state index is 13.1. The normalized spacial score (nSPS) is 10.8. The van der Waals surface area contributed by atoms with Crippen LogP contribution in [0.1, 0.15) is 33.1 Å². The van der Waals surface area contributed by atoms with Crippen LogP contribution in [0.4, 0.5) is 4.39 Å². The summed E-state index contributed by atoms with van der Waals surface area (Å²) in [6.45, 7) is 4.49. The average Bonchev–Trinajstić information content (AvgIpc) is 3.15. The van der Waals surface area contributed by atoms with E-state index >= 15 is 0 Å². The van der Waals surface area contributed by atoms with Crippen LogP contribution in [0.15, 0.2) is 24.3 Å². The van der Waals surface area contributed by atoms with Gasteiger partial charge in [0.15, 0.2) is 5.69 Å². The standard InChI is InChI=1S/C16H17FN6OS/c1-10-14(21-25-20-10)9-23-11(2)15(19-22-23)16(24)18-7-6-12-4-3-5-13(17)8-12/h3-5,8H,6-7,9H2,1-2H3,(H,18,24). The van der Waals surface area contributed by atoms with Gasteiger partial charge in [-0.2, -0.15) is 8.75 Å². The fraction of sp³-hybridized carbons (Fsp3) is 0.312. The van der Waals surface area contributed by atoms with Crippen molar-refractivity contribution in [2.45, 2.75) is 26.8 Å². The second-order valence-electron chi connectivity index (χ2n) is 5.61. The third-order valence-corrected chi connectivity index (χ3v) is 4.49. The van der Waals surface area contributed by atoms with Gasteiger partial charge in [0, 0.05) is 6.54 Å². The van der Waals surface area contributed by atoms with Crippen molar-refractivity contribution in [3.05, 3.63) is 58.4 Å². The molecule has 130 valence electrons. The summed E-state index contributed by atoms with van der Waals surface area (Å²) in [6.07, 6.45) is 0.542. The molecule has 3 aromatic rings. The van der Waals surface area contributed by atoms with Crippen molar-refractivity contribution >= 4 is 17.6 Å². The van der Waals surface area contributed by atoms with Crippen LogP contribution in [-0.4, -0.2) is 36.2 Å². The molecule has 0 radical (unpaired) electrons. The first-order chi connectivity index (χ1) is 12.0. The number of hydrogen-bond donors (Lipinski definition) is 1. The van der Waals surface area contributed by atoms with Crippen molar-refractivity contribution in [2.75, 3.05) is 6.54 Å². The molecule has 0 saturated carbocycles.